The number of nitriles is 1. The fourth-order valence-electron chi connectivity index (χ4n) is 5.07. The number of halogens is 1. The Labute approximate surface area is 240 Å². The number of rotatable bonds is 9. The van der Waals surface area contributed by atoms with Crippen molar-refractivity contribution in [2.45, 2.75) is 44.3 Å². The molecular weight excluding hydrogens is 513 g/mol. The van der Waals surface area contributed by atoms with Gasteiger partial charge < -0.3 is 16.1 Å². The van der Waals surface area contributed by atoms with Crippen molar-refractivity contribution >= 4 is 22.3 Å². The molecule has 3 aromatic carbocycles. The Morgan fingerprint density at radius 1 is 1.12 bits per heavy atom. The van der Waals surface area contributed by atoms with Gasteiger partial charge in [0.2, 0.25) is 0 Å². The Morgan fingerprint density at radius 3 is 2.59 bits per heavy atom. The molecule has 2 atom stereocenters. The Morgan fingerprint density at radius 2 is 1.90 bits per heavy atom. The lowest BCUT2D eigenvalue weighted by Gasteiger charge is -2.24. The quantitative estimate of drug-likeness (QED) is 0.185. The number of hydrogen-bond donors (Lipinski definition) is 4. The molecule has 2 heterocycles. The summed E-state index contributed by atoms with van der Waals surface area (Å²) < 4.78 is 23.6. The lowest BCUT2D eigenvalue weighted by Crippen LogP contribution is -2.38. The fourth-order valence-corrected chi connectivity index (χ4v) is 5.07. The third kappa shape index (κ3) is 5.38. The molecule has 2 aliphatic rings. The largest absolute Gasteiger partial charge is 0.377 e. The van der Waals surface area contributed by atoms with Crippen LogP contribution in [-0.2, 0) is 0 Å². The number of nitrogens with one attached hydrogen (secondary N) is 4. The van der Waals surface area contributed by atoms with Crippen molar-refractivity contribution in [1.82, 2.24) is 21.0 Å². The smallest absolute Gasteiger partial charge is 0.123 e. The van der Waals surface area contributed by atoms with E-state index in [0.29, 0.717) is 50.7 Å². The summed E-state index contributed by atoms with van der Waals surface area (Å²) in [7, 11) is 0. The van der Waals surface area contributed by atoms with Crippen LogP contribution >= 0.6 is 0 Å². The summed E-state index contributed by atoms with van der Waals surface area (Å²) in [6.45, 7) is 2.08. The Balaban J connectivity index is 1.47. The molecule has 0 amide bonds. The summed E-state index contributed by atoms with van der Waals surface area (Å²) in [5, 5.41) is 19.6. The van der Waals surface area contributed by atoms with Gasteiger partial charge in [0.25, 0.3) is 0 Å². The monoisotopic (exact) mass is 544 g/mol. The molecule has 6 rings (SSSR count). The van der Waals surface area contributed by atoms with E-state index in [4.69, 9.17) is 6.42 Å². The number of hydrazine groups is 2. The Hall–Kier alpha value is -5.05. The van der Waals surface area contributed by atoms with Crippen LogP contribution in [0.15, 0.2) is 84.8 Å². The molecule has 0 unspecified atom stereocenters. The summed E-state index contributed by atoms with van der Waals surface area (Å²) in [4.78, 5) is 4.55. The van der Waals surface area contributed by atoms with E-state index in [2.05, 4.69) is 57.6 Å². The van der Waals surface area contributed by atoms with Crippen LogP contribution in [0.4, 0.5) is 15.8 Å². The molecule has 1 aromatic heterocycles. The van der Waals surface area contributed by atoms with Gasteiger partial charge in [-0.2, -0.15) is 5.26 Å². The summed E-state index contributed by atoms with van der Waals surface area (Å²) >= 11 is 0. The van der Waals surface area contributed by atoms with E-state index in [1.165, 1.54) is 18.3 Å². The van der Waals surface area contributed by atoms with Gasteiger partial charge >= 0.3 is 0 Å². The first-order valence-corrected chi connectivity index (χ1v) is 13.6. The predicted octanol–water partition coefficient (Wildman–Crippen LogP) is 6.27. The average molecular weight is 545 g/mol. The van der Waals surface area contributed by atoms with Crippen LogP contribution in [0, 0.1) is 29.5 Å². The lowest BCUT2D eigenvalue weighted by molar-refractivity contribution is 0.260. The fraction of sp³-hybridized carbons (Fsp3) is 0.212. The maximum absolute atomic E-state index is 13.9. The van der Waals surface area contributed by atoms with Crippen LogP contribution in [0.2, 0.25) is 0 Å². The second-order valence-corrected chi connectivity index (χ2v) is 10.2. The first-order valence-electron chi connectivity index (χ1n) is 14.1. The zero-order valence-corrected chi connectivity index (χ0v) is 22.6. The maximum atomic E-state index is 13.9. The number of benzene rings is 3. The molecule has 0 saturated heterocycles. The Bertz CT molecular complexity index is 1740. The maximum Gasteiger partial charge on any atom is 0.123 e. The predicted molar refractivity (Wildman–Crippen MR) is 159 cm³/mol. The molecule has 8 heteroatoms. The van der Waals surface area contributed by atoms with Gasteiger partial charge in [0, 0.05) is 29.5 Å². The molecule has 4 N–H and O–H groups in total. The van der Waals surface area contributed by atoms with Gasteiger partial charge in [-0.1, -0.05) is 55.3 Å². The van der Waals surface area contributed by atoms with Gasteiger partial charge in [-0.05, 0) is 54.7 Å². The van der Waals surface area contributed by atoms with Crippen LogP contribution in [0.3, 0.4) is 0 Å². The minimum atomic E-state index is -1.53. The van der Waals surface area contributed by atoms with E-state index in [9.17, 15) is 11.0 Å². The molecular formula is C33H30FN7. The number of pyridine rings is 1. The molecule has 1 saturated carbocycles. The second-order valence-electron chi connectivity index (χ2n) is 10.2. The van der Waals surface area contributed by atoms with E-state index in [1.807, 2.05) is 35.5 Å². The first kappa shape index (κ1) is 25.0. The molecule has 41 heavy (non-hydrogen) atoms. The van der Waals surface area contributed by atoms with E-state index < -0.39 is 6.02 Å². The molecule has 1 aliphatic heterocycles. The van der Waals surface area contributed by atoms with Crippen molar-refractivity contribution in [2.24, 2.45) is 0 Å². The van der Waals surface area contributed by atoms with Gasteiger partial charge in [-0.15, -0.1) is 12.0 Å². The highest BCUT2D eigenvalue weighted by Gasteiger charge is 2.32. The minimum absolute atomic E-state index is 0.0587. The van der Waals surface area contributed by atoms with Crippen LogP contribution in [0.1, 0.15) is 61.9 Å². The first-order chi connectivity index (χ1) is 20.4. The van der Waals surface area contributed by atoms with Crippen LogP contribution in [0.5, 0.6) is 0 Å². The normalized spacial score (nSPS) is 16.9. The van der Waals surface area contributed by atoms with Crippen molar-refractivity contribution < 1.29 is 5.76 Å². The number of hydrogen-bond acceptors (Lipinski definition) is 7. The molecule has 4 aromatic rings. The molecule has 0 radical (unpaired) electrons. The van der Waals surface area contributed by atoms with E-state index in [0.717, 1.165) is 24.8 Å². The van der Waals surface area contributed by atoms with E-state index >= 15 is 0 Å². The molecule has 7 nitrogen and oxygen atoms in total. The number of nitrogens with zero attached hydrogens (tertiary/aromatic N) is 3. The standard InChI is InChI=1S/C33H30FN7/c1-3-21-16-26(37-33(23-10-12-25(34)13-11-23)30-20-41(40-39-30)27-14-15-27)17-28-31(21)36-19-24(18-35)32(28)38-29(4-2)22-8-6-5-7-9-22/h1,5-13,16-17,19-20,27,29,33,37,39-40H,4,14-15H2,2H3,(H,36,38)/t29-,33-/m1/s1/i33D. The van der Waals surface area contributed by atoms with Gasteiger partial charge in [-0.25, -0.2) is 4.39 Å². The third-order valence-electron chi connectivity index (χ3n) is 7.38. The second kappa shape index (κ2) is 11.2. The van der Waals surface area contributed by atoms with Gasteiger partial charge in [0.05, 0.1) is 41.5 Å². The molecule has 1 fully saturated rings. The average Bonchev–Trinajstić information content (AvgIpc) is 3.75. The SMILES string of the molecule is [2H][C@](Nc1cc(C#C)c2ncc(C#N)c(N[C@H](CC)c3ccccc3)c2c1)(C1=CN(C2CC2)NN1)c1ccc(F)cc1. The van der Waals surface area contributed by atoms with Crippen molar-refractivity contribution in [1.29, 1.82) is 5.26 Å². The summed E-state index contributed by atoms with van der Waals surface area (Å²) in [5.41, 5.74) is 11.1. The van der Waals surface area contributed by atoms with Crippen molar-refractivity contribution in [2.75, 3.05) is 10.6 Å². The van der Waals surface area contributed by atoms with Crippen molar-refractivity contribution in [3.8, 4) is 18.4 Å². The van der Waals surface area contributed by atoms with Crippen LogP contribution in [0.25, 0.3) is 10.9 Å². The van der Waals surface area contributed by atoms with Gasteiger partial charge in [-0.3, -0.25) is 9.99 Å². The van der Waals surface area contributed by atoms with Gasteiger partial charge in [0.1, 0.15) is 11.9 Å². The summed E-state index contributed by atoms with van der Waals surface area (Å²) in [6, 6.07) is 20.6. The highest BCUT2D eigenvalue weighted by molar-refractivity contribution is 5.99. The molecule has 0 bridgehead atoms. The topological polar surface area (TPSA) is 88.0 Å². The zero-order valence-electron chi connectivity index (χ0n) is 23.6. The summed E-state index contributed by atoms with van der Waals surface area (Å²) in [6.07, 6.45) is 12.3. The zero-order chi connectivity index (χ0) is 29.3. The third-order valence-corrected chi connectivity index (χ3v) is 7.38. The van der Waals surface area contributed by atoms with E-state index in [-0.39, 0.29) is 11.9 Å². The molecule has 204 valence electrons. The Kier molecular flexibility index (Phi) is 6.82. The minimum Gasteiger partial charge on any atom is -0.377 e. The molecule has 0 spiro atoms. The van der Waals surface area contributed by atoms with Crippen LogP contribution in [-0.4, -0.2) is 16.0 Å². The van der Waals surface area contributed by atoms with Crippen LogP contribution < -0.4 is 21.6 Å². The van der Waals surface area contributed by atoms with Crippen molar-refractivity contribution in [3.05, 3.63) is 113 Å². The molecule has 1 aliphatic carbocycles. The van der Waals surface area contributed by atoms with Crippen molar-refractivity contribution in [3.63, 3.8) is 0 Å². The number of anilines is 2. The number of terminal acetylenes is 1. The summed E-state index contributed by atoms with van der Waals surface area (Å²) in [5.74, 6) is 2.35. The number of aromatic nitrogens is 1. The van der Waals surface area contributed by atoms with E-state index in [1.54, 1.807) is 18.2 Å². The highest BCUT2D eigenvalue weighted by atomic mass is 19.1. The number of fused-ring (bicyclic) bond motifs is 1. The highest BCUT2D eigenvalue weighted by Crippen LogP contribution is 2.36. The van der Waals surface area contributed by atoms with Gasteiger partial charge in [0.15, 0.2) is 0 Å². The lowest BCUT2D eigenvalue weighted by atomic mass is 10.00.